The Labute approximate surface area is 141 Å². The predicted molar refractivity (Wildman–Crippen MR) is 92.1 cm³/mol. The average molecular weight is 350 g/mol. The summed E-state index contributed by atoms with van der Waals surface area (Å²) in [6.45, 7) is 8.64. The predicted octanol–water partition coefficient (Wildman–Crippen LogP) is 3.45. The number of hydrogen-bond donors (Lipinski definition) is 0. The van der Waals surface area contributed by atoms with Crippen LogP contribution < -0.4 is 5.56 Å². The van der Waals surface area contributed by atoms with E-state index in [4.69, 9.17) is 4.52 Å². The van der Waals surface area contributed by atoms with Crippen LogP contribution in [0.4, 0.5) is 0 Å². The third-order valence-electron chi connectivity index (χ3n) is 3.31. The van der Waals surface area contributed by atoms with Gasteiger partial charge in [-0.15, -0.1) is 11.3 Å². The lowest BCUT2D eigenvalue weighted by molar-refractivity contribution is 0.372. The van der Waals surface area contributed by atoms with Crippen LogP contribution in [-0.4, -0.2) is 19.7 Å². The molecule has 0 spiro atoms. The molecule has 3 aromatic rings. The van der Waals surface area contributed by atoms with Gasteiger partial charge < -0.3 is 4.52 Å². The molecule has 0 bridgehead atoms. The minimum atomic E-state index is -0.147. The Bertz CT molecular complexity index is 889. The zero-order chi connectivity index (χ0) is 16.6. The van der Waals surface area contributed by atoms with Gasteiger partial charge in [0.25, 0.3) is 5.56 Å². The van der Waals surface area contributed by atoms with Gasteiger partial charge in [-0.05, 0) is 18.4 Å². The quantitative estimate of drug-likeness (QED) is 0.530. The van der Waals surface area contributed by atoms with E-state index in [-0.39, 0.29) is 11.0 Å². The molecule has 122 valence electrons. The summed E-state index contributed by atoms with van der Waals surface area (Å²) >= 11 is 2.87. The molecule has 0 unspecified atom stereocenters. The third-order valence-corrected chi connectivity index (χ3v) is 5.16. The Morgan fingerprint density at radius 1 is 1.35 bits per heavy atom. The number of aromatic nitrogens is 4. The molecular formula is C15H18N4O2S2. The highest BCUT2D eigenvalue weighted by Gasteiger charge is 2.21. The van der Waals surface area contributed by atoms with Gasteiger partial charge in [0, 0.05) is 12.0 Å². The number of hydrogen-bond acceptors (Lipinski definition) is 7. The molecule has 0 fully saturated rings. The van der Waals surface area contributed by atoms with Crippen molar-refractivity contribution in [3.63, 3.8) is 0 Å². The van der Waals surface area contributed by atoms with E-state index in [1.54, 1.807) is 4.57 Å². The molecule has 0 atom stereocenters. The fourth-order valence-electron chi connectivity index (χ4n) is 2.06. The molecule has 0 aromatic carbocycles. The molecule has 0 saturated carbocycles. The first-order valence-corrected chi connectivity index (χ1v) is 9.20. The summed E-state index contributed by atoms with van der Waals surface area (Å²) in [7, 11) is 0. The molecule has 8 heteroatoms. The molecule has 6 nitrogen and oxygen atoms in total. The van der Waals surface area contributed by atoms with Gasteiger partial charge in [0.1, 0.15) is 4.70 Å². The zero-order valence-corrected chi connectivity index (χ0v) is 15.1. The van der Waals surface area contributed by atoms with Crippen LogP contribution in [0.15, 0.2) is 25.9 Å². The molecule has 3 heterocycles. The maximum atomic E-state index is 12.5. The summed E-state index contributed by atoms with van der Waals surface area (Å²) in [4.78, 5) is 21.5. The van der Waals surface area contributed by atoms with Crippen molar-refractivity contribution < 1.29 is 4.52 Å². The Balaban J connectivity index is 1.87. The summed E-state index contributed by atoms with van der Waals surface area (Å²) in [6.07, 6.45) is 0. The Morgan fingerprint density at radius 2 is 2.13 bits per heavy atom. The topological polar surface area (TPSA) is 73.8 Å². The lowest BCUT2D eigenvalue weighted by Crippen LogP contribution is -2.21. The van der Waals surface area contributed by atoms with Gasteiger partial charge in [-0.3, -0.25) is 9.36 Å². The van der Waals surface area contributed by atoms with E-state index in [1.165, 1.54) is 23.1 Å². The smallest absolute Gasteiger partial charge is 0.272 e. The molecule has 0 aliphatic rings. The van der Waals surface area contributed by atoms with Crippen LogP contribution in [0.3, 0.4) is 0 Å². The van der Waals surface area contributed by atoms with E-state index in [0.29, 0.717) is 33.9 Å². The molecule has 0 N–H and O–H groups in total. The largest absolute Gasteiger partial charge is 0.338 e. The van der Waals surface area contributed by atoms with Crippen LogP contribution in [0.5, 0.6) is 0 Å². The lowest BCUT2D eigenvalue weighted by atomic mass is 9.96. The van der Waals surface area contributed by atoms with Gasteiger partial charge in [0.15, 0.2) is 11.0 Å². The zero-order valence-electron chi connectivity index (χ0n) is 13.5. The number of fused-ring (bicyclic) bond motifs is 1. The molecule has 0 aliphatic heterocycles. The Kier molecular flexibility index (Phi) is 4.29. The second-order valence-electron chi connectivity index (χ2n) is 6.13. The normalized spacial score (nSPS) is 12.2. The van der Waals surface area contributed by atoms with E-state index in [9.17, 15) is 4.79 Å². The standard InChI is InChI=1S/C15H18N4O2S2/c1-5-19-12(20)11-9(6-7-22-11)16-14(19)23-8-10-17-13(18-21-10)15(2,3)4/h6-7H,5,8H2,1-4H3. The highest BCUT2D eigenvalue weighted by Crippen LogP contribution is 2.25. The minimum Gasteiger partial charge on any atom is -0.338 e. The first-order valence-electron chi connectivity index (χ1n) is 7.34. The monoisotopic (exact) mass is 350 g/mol. The van der Waals surface area contributed by atoms with Crippen molar-refractivity contribution in [2.24, 2.45) is 0 Å². The fourth-order valence-corrected chi connectivity index (χ4v) is 3.74. The van der Waals surface area contributed by atoms with Gasteiger partial charge in [0.2, 0.25) is 5.89 Å². The number of nitrogens with zero attached hydrogens (tertiary/aromatic N) is 4. The molecule has 3 rings (SSSR count). The van der Waals surface area contributed by atoms with Crippen molar-refractivity contribution in [1.82, 2.24) is 19.7 Å². The summed E-state index contributed by atoms with van der Waals surface area (Å²) < 4.78 is 7.68. The maximum absolute atomic E-state index is 12.5. The summed E-state index contributed by atoms with van der Waals surface area (Å²) in [5.41, 5.74) is 0.607. The second kappa shape index (κ2) is 6.09. The fraction of sp³-hybridized carbons (Fsp3) is 0.467. The van der Waals surface area contributed by atoms with E-state index in [1.807, 2.05) is 39.1 Å². The van der Waals surface area contributed by atoms with Gasteiger partial charge in [-0.1, -0.05) is 37.7 Å². The van der Waals surface area contributed by atoms with Crippen molar-refractivity contribution in [3.05, 3.63) is 33.5 Å². The first kappa shape index (κ1) is 16.2. The molecule has 0 aliphatic carbocycles. The van der Waals surface area contributed by atoms with E-state index in [0.717, 1.165) is 5.52 Å². The van der Waals surface area contributed by atoms with Crippen LogP contribution in [-0.2, 0) is 17.7 Å². The van der Waals surface area contributed by atoms with Crippen LogP contribution >= 0.6 is 23.1 Å². The first-order chi connectivity index (χ1) is 10.9. The van der Waals surface area contributed by atoms with E-state index >= 15 is 0 Å². The summed E-state index contributed by atoms with van der Waals surface area (Å²) in [5.74, 6) is 1.72. The van der Waals surface area contributed by atoms with Crippen LogP contribution in [0, 0.1) is 0 Å². The average Bonchev–Trinajstić information content (AvgIpc) is 3.13. The van der Waals surface area contributed by atoms with Gasteiger partial charge in [0.05, 0.1) is 11.3 Å². The van der Waals surface area contributed by atoms with Crippen LogP contribution in [0.1, 0.15) is 39.4 Å². The Hall–Kier alpha value is -1.67. The van der Waals surface area contributed by atoms with Crippen molar-refractivity contribution in [2.45, 2.75) is 50.6 Å². The van der Waals surface area contributed by atoms with Crippen molar-refractivity contribution in [1.29, 1.82) is 0 Å². The van der Waals surface area contributed by atoms with E-state index in [2.05, 4.69) is 15.1 Å². The van der Waals surface area contributed by atoms with Crippen molar-refractivity contribution >= 4 is 33.3 Å². The Morgan fingerprint density at radius 3 is 2.78 bits per heavy atom. The lowest BCUT2D eigenvalue weighted by Gasteiger charge is -2.11. The van der Waals surface area contributed by atoms with Crippen LogP contribution in [0.2, 0.25) is 0 Å². The van der Waals surface area contributed by atoms with Gasteiger partial charge in [-0.2, -0.15) is 4.98 Å². The molecule has 0 amide bonds. The minimum absolute atomic E-state index is 0.0101. The number of thiophene rings is 1. The highest BCUT2D eigenvalue weighted by molar-refractivity contribution is 7.98. The third kappa shape index (κ3) is 3.18. The van der Waals surface area contributed by atoms with Crippen molar-refractivity contribution in [2.75, 3.05) is 0 Å². The highest BCUT2D eigenvalue weighted by atomic mass is 32.2. The molecule has 0 saturated heterocycles. The van der Waals surface area contributed by atoms with Gasteiger partial charge >= 0.3 is 0 Å². The molecular weight excluding hydrogens is 332 g/mol. The van der Waals surface area contributed by atoms with E-state index < -0.39 is 0 Å². The van der Waals surface area contributed by atoms with Crippen molar-refractivity contribution in [3.8, 4) is 0 Å². The summed E-state index contributed by atoms with van der Waals surface area (Å²) in [6, 6.07) is 1.87. The number of thioether (sulfide) groups is 1. The summed E-state index contributed by atoms with van der Waals surface area (Å²) in [5, 5.41) is 6.58. The van der Waals surface area contributed by atoms with Crippen LogP contribution in [0.25, 0.3) is 10.2 Å². The number of rotatable bonds is 4. The molecule has 23 heavy (non-hydrogen) atoms. The molecule has 3 aromatic heterocycles. The SMILES string of the molecule is CCn1c(SCc2nc(C(C)(C)C)no2)nc2ccsc2c1=O. The maximum Gasteiger partial charge on any atom is 0.272 e. The molecule has 0 radical (unpaired) electrons. The second-order valence-corrected chi connectivity index (χ2v) is 7.99. The van der Waals surface area contributed by atoms with Gasteiger partial charge in [-0.25, -0.2) is 4.98 Å².